The summed E-state index contributed by atoms with van der Waals surface area (Å²) in [6.45, 7) is 0.390. The van der Waals surface area contributed by atoms with Crippen LogP contribution in [0.5, 0.6) is 0 Å². The average Bonchev–Trinajstić information content (AvgIpc) is 2.58. The fourth-order valence-corrected chi connectivity index (χ4v) is 2.26. The van der Waals surface area contributed by atoms with Crippen molar-refractivity contribution in [1.29, 1.82) is 0 Å². The Morgan fingerprint density at radius 1 is 1.53 bits per heavy atom. The molecule has 0 aliphatic carbocycles. The van der Waals surface area contributed by atoms with Gasteiger partial charge in [0.25, 0.3) is 0 Å². The highest BCUT2D eigenvalue weighted by atomic mass is 79.9. The highest BCUT2D eigenvalue weighted by molar-refractivity contribution is 9.10. The molecule has 6 heteroatoms. The lowest BCUT2D eigenvalue weighted by atomic mass is 10.4. The molecule has 1 aromatic rings. The first-order valence-electron chi connectivity index (χ1n) is 4.00. The molecule has 0 spiro atoms. The summed E-state index contributed by atoms with van der Waals surface area (Å²) in [5.74, 6) is -1.56. The van der Waals surface area contributed by atoms with E-state index in [4.69, 9.17) is 5.11 Å². The Hall–Kier alpha value is -1.14. The Morgan fingerprint density at radius 3 is 2.80 bits per heavy atom. The number of amides is 1. The highest BCUT2D eigenvalue weighted by Crippen LogP contribution is 2.21. The summed E-state index contributed by atoms with van der Waals surface area (Å²) in [4.78, 5) is 22.2. The maximum absolute atomic E-state index is 11.1. The molecule has 0 saturated heterocycles. The first-order valence-corrected chi connectivity index (χ1v) is 5.67. The van der Waals surface area contributed by atoms with Crippen LogP contribution < -0.4 is 5.32 Å². The number of hydrogen-bond acceptors (Lipinski definition) is 3. The normalized spacial score (nSPS) is 10.5. The molecule has 0 atom stereocenters. The van der Waals surface area contributed by atoms with Crippen LogP contribution in [0.15, 0.2) is 28.1 Å². The van der Waals surface area contributed by atoms with Crippen molar-refractivity contribution in [3.05, 3.63) is 32.9 Å². The van der Waals surface area contributed by atoms with Gasteiger partial charge in [-0.05, 0) is 27.4 Å². The molecule has 0 unspecified atom stereocenters. The van der Waals surface area contributed by atoms with Gasteiger partial charge in [-0.2, -0.15) is 0 Å². The molecule has 0 saturated carbocycles. The van der Waals surface area contributed by atoms with Crippen molar-refractivity contribution in [1.82, 2.24) is 5.32 Å². The molecule has 0 aliphatic rings. The molecule has 0 bridgehead atoms. The third-order valence-corrected chi connectivity index (χ3v) is 3.42. The van der Waals surface area contributed by atoms with E-state index in [1.807, 2.05) is 11.4 Å². The molecule has 0 aromatic carbocycles. The molecule has 1 rings (SSSR count). The van der Waals surface area contributed by atoms with Crippen molar-refractivity contribution in [2.75, 3.05) is 0 Å². The zero-order chi connectivity index (χ0) is 11.3. The molecule has 1 heterocycles. The van der Waals surface area contributed by atoms with E-state index in [0.29, 0.717) is 6.54 Å². The standard InChI is InChI=1S/C9H8BrNO3S/c10-6-3-4-15-7(6)5-11-8(12)1-2-9(13)14/h1-4H,5H2,(H,11,12)(H,13,14). The topological polar surface area (TPSA) is 66.4 Å². The number of carbonyl (C=O) groups excluding carboxylic acids is 1. The van der Waals surface area contributed by atoms with E-state index in [1.165, 1.54) is 11.3 Å². The van der Waals surface area contributed by atoms with Crippen molar-refractivity contribution in [2.24, 2.45) is 0 Å². The summed E-state index contributed by atoms with van der Waals surface area (Å²) < 4.78 is 0.940. The van der Waals surface area contributed by atoms with Crippen molar-refractivity contribution in [2.45, 2.75) is 6.54 Å². The van der Waals surface area contributed by atoms with Crippen LogP contribution in [-0.4, -0.2) is 17.0 Å². The summed E-state index contributed by atoms with van der Waals surface area (Å²) in [5, 5.41) is 12.8. The van der Waals surface area contributed by atoms with E-state index in [0.717, 1.165) is 21.5 Å². The van der Waals surface area contributed by atoms with Gasteiger partial charge in [0.2, 0.25) is 5.91 Å². The summed E-state index contributed by atoms with van der Waals surface area (Å²) >= 11 is 4.84. The predicted octanol–water partition coefficient (Wildman–Crippen LogP) is 1.77. The van der Waals surface area contributed by atoms with Gasteiger partial charge in [-0.3, -0.25) is 4.79 Å². The Kier molecular flexibility index (Phi) is 4.51. The third-order valence-electron chi connectivity index (χ3n) is 1.49. The van der Waals surface area contributed by atoms with E-state index >= 15 is 0 Å². The van der Waals surface area contributed by atoms with Gasteiger partial charge in [-0.15, -0.1) is 11.3 Å². The van der Waals surface area contributed by atoms with Crippen LogP contribution in [-0.2, 0) is 16.1 Å². The van der Waals surface area contributed by atoms with Gasteiger partial charge < -0.3 is 10.4 Å². The van der Waals surface area contributed by atoms with Gasteiger partial charge in [0, 0.05) is 21.5 Å². The van der Waals surface area contributed by atoms with Crippen LogP contribution >= 0.6 is 27.3 Å². The Balaban J connectivity index is 2.41. The predicted molar refractivity (Wildman–Crippen MR) is 60.6 cm³/mol. The van der Waals surface area contributed by atoms with Gasteiger partial charge >= 0.3 is 5.97 Å². The quantitative estimate of drug-likeness (QED) is 0.830. The number of aliphatic carboxylic acids is 1. The van der Waals surface area contributed by atoms with E-state index in [1.54, 1.807) is 0 Å². The van der Waals surface area contributed by atoms with Gasteiger partial charge in [0.15, 0.2) is 0 Å². The van der Waals surface area contributed by atoms with Crippen LogP contribution in [0.25, 0.3) is 0 Å². The van der Waals surface area contributed by atoms with Crippen molar-refractivity contribution >= 4 is 39.1 Å². The van der Waals surface area contributed by atoms with Crippen molar-refractivity contribution < 1.29 is 14.7 Å². The smallest absolute Gasteiger partial charge is 0.328 e. The lowest BCUT2D eigenvalue weighted by molar-refractivity contribution is -0.131. The van der Waals surface area contributed by atoms with Crippen LogP contribution in [0, 0.1) is 0 Å². The monoisotopic (exact) mass is 289 g/mol. The van der Waals surface area contributed by atoms with E-state index < -0.39 is 11.9 Å². The van der Waals surface area contributed by atoms with Gasteiger partial charge in [-0.1, -0.05) is 0 Å². The number of rotatable bonds is 4. The lowest BCUT2D eigenvalue weighted by Crippen LogP contribution is -2.20. The van der Waals surface area contributed by atoms with Crippen LogP contribution in [0.1, 0.15) is 4.88 Å². The van der Waals surface area contributed by atoms with Crippen LogP contribution in [0.2, 0.25) is 0 Å². The zero-order valence-electron chi connectivity index (χ0n) is 7.57. The Morgan fingerprint density at radius 2 is 2.27 bits per heavy atom. The number of hydrogen-bond donors (Lipinski definition) is 2. The minimum Gasteiger partial charge on any atom is -0.478 e. The molecular weight excluding hydrogens is 282 g/mol. The number of halogens is 1. The summed E-state index contributed by atoms with van der Waals surface area (Å²) in [6.07, 6.45) is 1.79. The zero-order valence-corrected chi connectivity index (χ0v) is 9.97. The van der Waals surface area contributed by atoms with E-state index in [-0.39, 0.29) is 0 Å². The Labute approximate surface area is 98.7 Å². The minimum atomic E-state index is -1.14. The van der Waals surface area contributed by atoms with Gasteiger partial charge in [-0.25, -0.2) is 4.79 Å². The number of carboxylic acid groups (broad SMARTS) is 1. The summed E-state index contributed by atoms with van der Waals surface area (Å²) in [7, 11) is 0. The molecule has 4 nitrogen and oxygen atoms in total. The summed E-state index contributed by atoms with van der Waals surface area (Å²) in [5.41, 5.74) is 0. The molecule has 80 valence electrons. The second-order valence-electron chi connectivity index (χ2n) is 2.58. The average molecular weight is 290 g/mol. The number of carbonyl (C=O) groups is 2. The van der Waals surface area contributed by atoms with Crippen LogP contribution in [0.4, 0.5) is 0 Å². The third kappa shape index (κ3) is 4.26. The second-order valence-corrected chi connectivity index (χ2v) is 4.44. The van der Waals surface area contributed by atoms with Crippen molar-refractivity contribution in [3.8, 4) is 0 Å². The fourth-order valence-electron chi connectivity index (χ4n) is 0.825. The van der Waals surface area contributed by atoms with E-state index in [9.17, 15) is 9.59 Å². The number of nitrogens with one attached hydrogen (secondary N) is 1. The molecular formula is C9H8BrNO3S. The minimum absolute atomic E-state index is 0.390. The van der Waals surface area contributed by atoms with Gasteiger partial charge in [0.1, 0.15) is 0 Å². The second kappa shape index (κ2) is 5.67. The maximum Gasteiger partial charge on any atom is 0.328 e. The van der Waals surface area contributed by atoms with Crippen LogP contribution in [0.3, 0.4) is 0 Å². The lowest BCUT2D eigenvalue weighted by Gasteiger charge is -1.99. The van der Waals surface area contributed by atoms with Gasteiger partial charge in [0.05, 0.1) is 6.54 Å². The van der Waals surface area contributed by atoms with E-state index in [2.05, 4.69) is 21.2 Å². The fraction of sp³-hybridized carbons (Fsp3) is 0.111. The molecule has 0 radical (unpaired) electrons. The Bertz CT molecular complexity index is 400. The SMILES string of the molecule is O=C(O)C=CC(=O)NCc1sccc1Br. The largest absolute Gasteiger partial charge is 0.478 e. The molecule has 0 aliphatic heterocycles. The molecule has 0 fully saturated rings. The summed E-state index contributed by atoms with van der Waals surface area (Å²) in [6, 6.07) is 1.89. The molecule has 15 heavy (non-hydrogen) atoms. The number of carboxylic acids is 1. The molecule has 2 N–H and O–H groups in total. The highest BCUT2D eigenvalue weighted by Gasteiger charge is 2.02. The molecule has 1 aromatic heterocycles. The first kappa shape index (κ1) is 11.9. The number of thiophene rings is 1. The maximum atomic E-state index is 11.1. The van der Waals surface area contributed by atoms with Crippen molar-refractivity contribution in [3.63, 3.8) is 0 Å². The first-order chi connectivity index (χ1) is 7.09. The molecule has 1 amide bonds.